The minimum absolute atomic E-state index is 0.0546. The van der Waals surface area contributed by atoms with Crippen LogP contribution in [-0.4, -0.2) is 62.1 Å². The number of amides is 2. The highest BCUT2D eigenvalue weighted by Gasteiger charge is 2.33. The number of likely N-dealkylation sites (tertiary alicyclic amines) is 1. The predicted octanol–water partition coefficient (Wildman–Crippen LogP) is -1.04. The average molecular weight is 255 g/mol. The number of methoxy groups -OCH3 is 1. The van der Waals surface area contributed by atoms with Gasteiger partial charge in [-0.2, -0.15) is 0 Å². The predicted molar refractivity (Wildman–Crippen MR) is 66.0 cm³/mol. The second kappa shape index (κ2) is 5.67. The summed E-state index contributed by atoms with van der Waals surface area (Å²) in [6.07, 6.45) is 1.07. The lowest BCUT2D eigenvalue weighted by atomic mass is 9.95. The smallest absolute Gasteiger partial charge is 0.241 e. The molecule has 0 aromatic carbocycles. The lowest BCUT2D eigenvalue weighted by Crippen LogP contribution is -2.60. The first-order valence-electron chi connectivity index (χ1n) is 6.43. The first-order chi connectivity index (χ1) is 8.61. The molecular formula is C12H21N3O3. The Hall–Kier alpha value is -1.14. The van der Waals surface area contributed by atoms with Crippen LogP contribution in [0.4, 0.5) is 0 Å². The quantitative estimate of drug-likeness (QED) is 0.661. The molecule has 2 fully saturated rings. The summed E-state index contributed by atoms with van der Waals surface area (Å²) >= 11 is 0. The summed E-state index contributed by atoms with van der Waals surface area (Å²) in [4.78, 5) is 25.2. The topological polar surface area (TPSA) is 70.7 Å². The van der Waals surface area contributed by atoms with E-state index in [2.05, 4.69) is 17.6 Å². The highest BCUT2D eigenvalue weighted by atomic mass is 16.5. The number of nitrogens with zero attached hydrogens (tertiary/aromatic N) is 1. The Kier molecular flexibility index (Phi) is 4.19. The third-order valence-electron chi connectivity index (χ3n) is 3.81. The number of carbonyl (C=O) groups is 2. The second-order valence-electron chi connectivity index (χ2n) is 5.06. The van der Waals surface area contributed by atoms with E-state index in [9.17, 15) is 9.59 Å². The van der Waals surface area contributed by atoms with Crippen LogP contribution in [0, 0.1) is 5.92 Å². The van der Waals surface area contributed by atoms with E-state index in [1.54, 1.807) is 7.11 Å². The molecule has 0 aromatic rings. The fraction of sp³-hybridized carbons (Fsp3) is 0.833. The number of carbonyl (C=O) groups excluding carboxylic acids is 2. The zero-order valence-electron chi connectivity index (χ0n) is 10.9. The fourth-order valence-electron chi connectivity index (χ4n) is 2.50. The molecule has 102 valence electrons. The van der Waals surface area contributed by atoms with Crippen molar-refractivity contribution in [2.24, 2.45) is 5.92 Å². The SMILES string of the molecule is COC1CN(C(=O)C2CNC(=O)CN2)CCC1C. The van der Waals surface area contributed by atoms with Crippen LogP contribution < -0.4 is 10.6 Å². The van der Waals surface area contributed by atoms with Crippen molar-refractivity contribution < 1.29 is 14.3 Å². The van der Waals surface area contributed by atoms with Gasteiger partial charge in [-0.05, 0) is 12.3 Å². The molecule has 6 nitrogen and oxygen atoms in total. The van der Waals surface area contributed by atoms with Crippen LogP contribution in [0.1, 0.15) is 13.3 Å². The van der Waals surface area contributed by atoms with Gasteiger partial charge in [0.1, 0.15) is 6.04 Å². The Balaban J connectivity index is 1.91. The minimum atomic E-state index is -0.298. The van der Waals surface area contributed by atoms with E-state index in [1.807, 2.05) is 4.90 Å². The number of piperidine rings is 1. The summed E-state index contributed by atoms with van der Waals surface area (Å²) in [5, 5.41) is 5.67. The van der Waals surface area contributed by atoms with Gasteiger partial charge < -0.3 is 15.0 Å². The number of hydrogen-bond acceptors (Lipinski definition) is 4. The van der Waals surface area contributed by atoms with Crippen molar-refractivity contribution in [2.45, 2.75) is 25.5 Å². The van der Waals surface area contributed by atoms with Crippen molar-refractivity contribution in [1.29, 1.82) is 0 Å². The van der Waals surface area contributed by atoms with Gasteiger partial charge >= 0.3 is 0 Å². The number of nitrogens with one attached hydrogen (secondary N) is 2. The van der Waals surface area contributed by atoms with Gasteiger partial charge in [0, 0.05) is 26.7 Å². The Bertz CT molecular complexity index is 325. The van der Waals surface area contributed by atoms with Crippen LogP contribution in [-0.2, 0) is 14.3 Å². The summed E-state index contributed by atoms with van der Waals surface area (Å²) in [6, 6.07) is -0.298. The monoisotopic (exact) mass is 255 g/mol. The molecule has 0 saturated carbocycles. The van der Waals surface area contributed by atoms with Crippen molar-refractivity contribution in [1.82, 2.24) is 15.5 Å². The van der Waals surface area contributed by atoms with E-state index >= 15 is 0 Å². The highest BCUT2D eigenvalue weighted by Crippen LogP contribution is 2.20. The molecule has 2 amide bonds. The molecule has 0 aromatic heterocycles. The Morgan fingerprint density at radius 2 is 2.28 bits per heavy atom. The average Bonchev–Trinajstić information content (AvgIpc) is 2.39. The number of rotatable bonds is 2. The third kappa shape index (κ3) is 2.81. The van der Waals surface area contributed by atoms with Crippen molar-refractivity contribution in [3.8, 4) is 0 Å². The molecule has 0 radical (unpaired) electrons. The van der Waals surface area contributed by atoms with E-state index in [4.69, 9.17) is 4.74 Å². The van der Waals surface area contributed by atoms with Gasteiger partial charge in [-0.1, -0.05) is 6.92 Å². The molecule has 3 atom stereocenters. The Labute approximate surface area is 107 Å². The first-order valence-corrected chi connectivity index (χ1v) is 6.43. The summed E-state index contributed by atoms with van der Waals surface area (Å²) < 4.78 is 5.40. The van der Waals surface area contributed by atoms with Gasteiger partial charge in [0.25, 0.3) is 0 Å². The largest absolute Gasteiger partial charge is 0.379 e. The molecule has 0 spiro atoms. The first kappa shape index (κ1) is 13.3. The van der Waals surface area contributed by atoms with Crippen molar-refractivity contribution in [3.05, 3.63) is 0 Å². The normalized spacial score (nSPS) is 33.1. The summed E-state index contributed by atoms with van der Waals surface area (Å²) in [5.74, 6) is 0.489. The maximum Gasteiger partial charge on any atom is 0.241 e. The lowest BCUT2D eigenvalue weighted by Gasteiger charge is -2.38. The molecule has 2 aliphatic rings. The standard InChI is InChI=1S/C12H21N3O3/c1-8-3-4-15(7-10(8)18-2)12(17)9-5-14-11(16)6-13-9/h8-10,13H,3-7H2,1-2H3,(H,14,16). The molecule has 2 N–H and O–H groups in total. The van der Waals surface area contributed by atoms with E-state index in [-0.39, 0.29) is 30.5 Å². The molecule has 18 heavy (non-hydrogen) atoms. The van der Waals surface area contributed by atoms with E-state index in [0.29, 0.717) is 19.0 Å². The summed E-state index contributed by atoms with van der Waals surface area (Å²) in [6.45, 7) is 4.15. The van der Waals surface area contributed by atoms with Crippen LogP contribution in [0.5, 0.6) is 0 Å². The molecule has 2 rings (SSSR count). The molecule has 6 heteroatoms. The van der Waals surface area contributed by atoms with Gasteiger partial charge in [-0.3, -0.25) is 14.9 Å². The molecule has 2 heterocycles. The van der Waals surface area contributed by atoms with Crippen molar-refractivity contribution >= 4 is 11.8 Å². The molecular weight excluding hydrogens is 234 g/mol. The van der Waals surface area contributed by atoms with Gasteiger partial charge in [0.2, 0.25) is 11.8 Å². The highest BCUT2D eigenvalue weighted by molar-refractivity contribution is 5.86. The van der Waals surface area contributed by atoms with Crippen LogP contribution in [0.25, 0.3) is 0 Å². The summed E-state index contributed by atoms with van der Waals surface area (Å²) in [7, 11) is 1.69. The van der Waals surface area contributed by atoms with Crippen LogP contribution in [0.2, 0.25) is 0 Å². The maximum absolute atomic E-state index is 12.3. The minimum Gasteiger partial charge on any atom is -0.379 e. The molecule has 0 aliphatic carbocycles. The second-order valence-corrected chi connectivity index (χ2v) is 5.06. The van der Waals surface area contributed by atoms with Crippen LogP contribution in [0.3, 0.4) is 0 Å². The molecule has 3 unspecified atom stereocenters. The zero-order chi connectivity index (χ0) is 13.1. The van der Waals surface area contributed by atoms with Crippen molar-refractivity contribution in [2.75, 3.05) is 33.3 Å². The zero-order valence-corrected chi connectivity index (χ0v) is 10.9. The van der Waals surface area contributed by atoms with E-state index < -0.39 is 0 Å². The van der Waals surface area contributed by atoms with Crippen LogP contribution >= 0.6 is 0 Å². The van der Waals surface area contributed by atoms with Gasteiger partial charge in [0.05, 0.1) is 12.6 Å². The Morgan fingerprint density at radius 1 is 1.50 bits per heavy atom. The lowest BCUT2D eigenvalue weighted by molar-refractivity contribution is -0.139. The van der Waals surface area contributed by atoms with Gasteiger partial charge in [0.15, 0.2) is 0 Å². The number of hydrogen-bond donors (Lipinski definition) is 2. The van der Waals surface area contributed by atoms with Gasteiger partial charge in [-0.25, -0.2) is 0 Å². The number of piperazine rings is 1. The number of ether oxygens (including phenoxy) is 1. The van der Waals surface area contributed by atoms with E-state index in [0.717, 1.165) is 13.0 Å². The van der Waals surface area contributed by atoms with E-state index in [1.165, 1.54) is 0 Å². The van der Waals surface area contributed by atoms with Crippen LogP contribution in [0.15, 0.2) is 0 Å². The fourth-order valence-corrected chi connectivity index (χ4v) is 2.50. The summed E-state index contributed by atoms with van der Waals surface area (Å²) in [5.41, 5.74) is 0. The third-order valence-corrected chi connectivity index (χ3v) is 3.81. The maximum atomic E-state index is 12.3. The van der Waals surface area contributed by atoms with Crippen molar-refractivity contribution in [3.63, 3.8) is 0 Å². The molecule has 2 saturated heterocycles. The van der Waals surface area contributed by atoms with Gasteiger partial charge in [-0.15, -0.1) is 0 Å². The Morgan fingerprint density at radius 3 is 2.89 bits per heavy atom. The molecule has 0 bridgehead atoms. The molecule has 2 aliphatic heterocycles.